The van der Waals surface area contributed by atoms with Crippen LogP contribution in [0.4, 0.5) is 0 Å². The fraction of sp³-hybridized carbons (Fsp3) is 0.438. The zero-order valence-electron chi connectivity index (χ0n) is 12.7. The molecule has 2 aromatic rings. The molecule has 1 unspecified atom stereocenters. The third kappa shape index (κ3) is 3.69. The summed E-state index contributed by atoms with van der Waals surface area (Å²) in [6, 6.07) is 4.53. The molecule has 1 atom stereocenters. The second-order valence-corrected chi connectivity index (χ2v) is 6.57. The van der Waals surface area contributed by atoms with Crippen LogP contribution in [-0.2, 0) is 17.9 Å². The van der Waals surface area contributed by atoms with E-state index in [0.717, 1.165) is 30.8 Å². The van der Waals surface area contributed by atoms with Crippen LogP contribution in [0.1, 0.15) is 41.9 Å². The molecule has 0 spiro atoms. The van der Waals surface area contributed by atoms with Gasteiger partial charge in [0.25, 0.3) is 0 Å². The van der Waals surface area contributed by atoms with Gasteiger partial charge in [-0.1, -0.05) is 6.07 Å². The van der Waals surface area contributed by atoms with Gasteiger partial charge in [0.1, 0.15) is 0 Å². The van der Waals surface area contributed by atoms with Crippen molar-refractivity contribution in [2.24, 2.45) is 0 Å². The average molecular weight is 316 g/mol. The number of carbonyl (C=O) groups is 1. The Morgan fingerprint density at radius 3 is 3.05 bits per heavy atom. The second-order valence-electron chi connectivity index (χ2n) is 5.60. The molecule has 6 heteroatoms. The number of hydrogen-bond donors (Lipinski definition) is 1. The molecule has 3 heterocycles. The van der Waals surface area contributed by atoms with Gasteiger partial charge >= 0.3 is 0 Å². The highest BCUT2D eigenvalue weighted by Gasteiger charge is 2.27. The number of nitrogens with zero attached hydrogens (tertiary/aromatic N) is 3. The lowest BCUT2D eigenvalue weighted by molar-refractivity contribution is -0.119. The molecule has 1 N–H and O–H groups in total. The molecule has 1 aliphatic heterocycles. The molecule has 0 radical (unpaired) electrons. The molecule has 1 fully saturated rings. The van der Waals surface area contributed by atoms with E-state index in [9.17, 15) is 4.79 Å². The van der Waals surface area contributed by atoms with Crippen LogP contribution in [0.3, 0.4) is 0 Å². The molecular weight excluding hydrogens is 296 g/mol. The molecule has 0 aromatic carbocycles. The molecule has 0 bridgehead atoms. The van der Waals surface area contributed by atoms with Crippen molar-refractivity contribution in [2.75, 3.05) is 6.54 Å². The maximum atomic E-state index is 10.9. The van der Waals surface area contributed by atoms with Crippen LogP contribution in [-0.4, -0.2) is 27.3 Å². The lowest BCUT2D eigenvalue weighted by Crippen LogP contribution is -2.23. The monoisotopic (exact) mass is 316 g/mol. The van der Waals surface area contributed by atoms with Crippen molar-refractivity contribution in [1.29, 1.82) is 0 Å². The standard InChI is InChI=1S/C16H20N4OS/c1-12(21)18-7-13-4-5-15(19-8-13)16-3-2-6-20(16)10-14-9-17-11-22-14/h4-5,8-9,11,16H,2-3,6-7,10H2,1H3,(H,18,21). The molecule has 1 saturated heterocycles. The van der Waals surface area contributed by atoms with Crippen molar-refractivity contribution >= 4 is 17.2 Å². The first-order chi connectivity index (χ1) is 10.7. The van der Waals surface area contributed by atoms with Crippen molar-refractivity contribution < 1.29 is 4.79 Å². The Morgan fingerprint density at radius 2 is 2.36 bits per heavy atom. The van der Waals surface area contributed by atoms with E-state index in [4.69, 9.17) is 0 Å². The number of nitrogens with one attached hydrogen (secondary N) is 1. The molecular formula is C16H20N4OS. The number of likely N-dealkylation sites (tertiary alicyclic amines) is 1. The largest absolute Gasteiger partial charge is 0.352 e. The maximum absolute atomic E-state index is 10.9. The molecule has 3 rings (SSSR count). The minimum Gasteiger partial charge on any atom is -0.352 e. The Kier molecular flexibility index (Phi) is 4.80. The van der Waals surface area contributed by atoms with Crippen molar-refractivity contribution in [3.63, 3.8) is 0 Å². The third-order valence-corrected chi connectivity index (χ3v) is 4.70. The second kappa shape index (κ2) is 6.98. The number of amides is 1. The zero-order valence-corrected chi connectivity index (χ0v) is 13.5. The van der Waals surface area contributed by atoms with Gasteiger partial charge in [0.05, 0.1) is 17.2 Å². The highest BCUT2D eigenvalue weighted by molar-refractivity contribution is 7.09. The van der Waals surface area contributed by atoms with E-state index < -0.39 is 0 Å². The van der Waals surface area contributed by atoms with E-state index in [-0.39, 0.29) is 5.91 Å². The normalized spacial score (nSPS) is 18.5. The Labute approximate surface area is 134 Å². The Balaban J connectivity index is 1.65. The Morgan fingerprint density at radius 1 is 1.45 bits per heavy atom. The molecule has 1 amide bonds. The summed E-state index contributed by atoms with van der Waals surface area (Å²) in [5, 5.41) is 2.79. The number of rotatable bonds is 5. The van der Waals surface area contributed by atoms with Crippen molar-refractivity contribution in [3.05, 3.63) is 46.2 Å². The van der Waals surface area contributed by atoms with Gasteiger partial charge in [-0.15, -0.1) is 11.3 Å². The molecule has 116 valence electrons. The number of pyridine rings is 1. The first-order valence-electron chi connectivity index (χ1n) is 7.53. The predicted octanol–water partition coefficient (Wildman–Crippen LogP) is 2.51. The van der Waals surface area contributed by atoms with Gasteiger partial charge in [-0.2, -0.15) is 0 Å². The lowest BCUT2D eigenvalue weighted by atomic mass is 10.1. The van der Waals surface area contributed by atoms with Crippen LogP contribution < -0.4 is 5.32 Å². The first kappa shape index (κ1) is 15.1. The van der Waals surface area contributed by atoms with Crippen LogP contribution >= 0.6 is 11.3 Å². The SMILES string of the molecule is CC(=O)NCc1ccc(C2CCCN2Cc2cncs2)nc1. The summed E-state index contributed by atoms with van der Waals surface area (Å²) in [7, 11) is 0. The molecule has 1 aliphatic rings. The fourth-order valence-electron chi connectivity index (χ4n) is 2.83. The molecule has 22 heavy (non-hydrogen) atoms. The minimum atomic E-state index is -0.0180. The van der Waals surface area contributed by atoms with Gasteiger partial charge in [-0.05, 0) is 31.0 Å². The van der Waals surface area contributed by atoms with E-state index >= 15 is 0 Å². The van der Waals surface area contributed by atoms with Crippen LogP contribution in [0.2, 0.25) is 0 Å². The zero-order chi connectivity index (χ0) is 15.4. The van der Waals surface area contributed by atoms with E-state index in [1.54, 1.807) is 11.3 Å². The summed E-state index contributed by atoms with van der Waals surface area (Å²) in [4.78, 5) is 23.5. The van der Waals surface area contributed by atoms with E-state index in [1.165, 1.54) is 18.2 Å². The van der Waals surface area contributed by atoms with Crippen LogP contribution in [0.25, 0.3) is 0 Å². The summed E-state index contributed by atoms with van der Waals surface area (Å²) in [5.41, 5.74) is 4.04. The molecule has 0 aliphatic carbocycles. The van der Waals surface area contributed by atoms with E-state index in [1.807, 2.05) is 17.9 Å². The van der Waals surface area contributed by atoms with Crippen LogP contribution in [0.15, 0.2) is 30.0 Å². The van der Waals surface area contributed by atoms with Crippen LogP contribution in [0, 0.1) is 0 Å². The summed E-state index contributed by atoms with van der Waals surface area (Å²) >= 11 is 1.71. The Hall–Kier alpha value is -1.79. The minimum absolute atomic E-state index is 0.0180. The molecule has 5 nitrogen and oxygen atoms in total. The summed E-state index contributed by atoms with van der Waals surface area (Å²) < 4.78 is 0. The molecule has 0 saturated carbocycles. The summed E-state index contributed by atoms with van der Waals surface area (Å²) in [6.07, 6.45) is 6.17. The van der Waals surface area contributed by atoms with Gasteiger partial charge in [0.2, 0.25) is 5.91 Å². The summed E-state index contributed by atoms with van der Waals surface area (Å²) in [6.45, 7) is 4.12. The highest BCUT2D eigenvalue weighted by Crippen LogP contribution is 2.32. The fourth-order valence-corrected chi connectivity index (χ4v) is 3.45. The number of aromatic nitrogens is 2. The lowest BCUT2D eigenvalue weighted by Gasteiger charge is -2.23. The third-order valence-electron chi connectivity index (χ3n) is 3.94. The molecule has 2 aromatic heterocycles. The topological polar surface area (TPSA) is 58.1 Å². The number of carbonyl (C=O) groups excluding carboxylic acids is 1. The number of thiazole rings is 1. The van der Waals surface area contributed by atoms with E-state index in [0.29, 0.717) is 12.6 Å². The average Bonchev–Trinajstić information content (AvgIpc) is 3.18. The van der Waals surface area contributed by atoms with Gasteiger partial charge in [0, 0.05) is 37.3 Å². The van der Waals surface area contributed by atoms with Crippen LogP contribution in [0.5, 0.6) is 0 Å². The van der Waals surface area contributed by atoms with Crippen molar-refractivity contribution in [2.45, 2.75) is 38.9 Å². The van der Waals surface area contributed by atoms with Crippen molar-refractivity contribution in [3.8, 4) is 0 Å². The summed E-state index contributed by atoms with van der Waals surface area (Å²) in [5.74, 6) is -0.0180. The smallest absolute Gasteiger partial charge is 0.217 e. The maximum Gasteiger partial charge on any atom is 0.217 e. The quantitative estimate of drug-likeness (QED) is 0.921. The number of hydrogen-bond acceptors (Lipinski definition) is 5. The van der Waals surface area contributed by atoms with E-state index in [2.05, 4.69) is 32.3 Å². The highest BCUT2D eigenvalue weighted by atomic mass is 32.1. The van der Waals surface area contributed by atoms with Gasteiger partial charge < -0.3 is 5.32 Å². The first-order valence-corrected chi connectivity index (χ1v) is 8.41. The van der Waals surface area contributed by atoms with Gasteiger partial charge in [0.15, 0.2) is 0 Å². The van der Waals surface area contributed by atoms with Gasteiger partial charge in [-0.3, -0.25) is 19.7 Å². The van der Waals surface area contributed by atoms with Gasteiger partial charge in [-0.25, -0.2) is 0 Å². The Bertz CT molecular complexity index is 612. The predicted molar refractivity (Wildman–Crippen MR) is 86.3 cm³/mol. The van der Waals surface area contributed by atoms with Crippen molar-refractivity contribution in [1.82, 2.24) is 20.2 Å².